The lowest BCUT2D eigenvalue weighted by Crippen LogP contribution is -2.29. The van der Waals surface area contributed by atoms with Crippen molar-refractivity contribution >= 4 is 70.2 Å². The Balaban J connectivity index is 2.02. The van der Waals surface area contributed by atoms with Crippen LogP contribution in [0.25, 0.3) is 16.2 Å². The normalized spacial score (nSPS) is 13.2. The van der Waals surface area contributed by atoms with Gasteiger partial charge < -0.3 is 20.5 Å². The first-order chi connectivity index (χ1) is 20.0. The van der Waals surface area contributed by atoms with E-state index in [1.807, 2.05) is 0 Å². The maximum atomic E-state index is 14.6. The van der Waals surface area contributed by atoms with Gasteiger partial charge in [0.1, 0.15) is 0 Å². The third-order valence-corrected chi connectivity index (χ3v) is 9.20. The maximum Gasteiger partial charge on any atom is 0.353 e. The molecule has 0 aliphatic rings. The molecule has 10 nitrogen and oxygen atoms in total. The monoisotopic (exact) mass is 650 g/mol. The largest absolute Gasteiger partial charge is 0.438 e. The average Bonchev–Trinajstić information content (AvgIpc) is 3.30. The van der Waals surface area contributed by atoms with Crippen molar-refractivity contribution < 1.29 is 37.5 Å². The van der Waals surface area contributed by atoms with Crippen molar-refractivity contribution in [2.45, 2.75) is 47.2 Å². The Hall–Kier alpha value is -3.21. The number of hydrogen-bond donors (Lipinski definition) is 2. The molecule has 1 amide bonds. The highest BCUT2D eigenvalue weighted by atomic mass is 35.5. The van der Waals surface area contributed by atoms with Crippen molar-refractivity contribution in [1.29, 1.82) is 0 Å². The number of amides is 1. The molecule has 2 aromatic carbocycles. The molecule has 0 fully saturated rings. The summed E-state index contributed by atoms with van der Waals surface area (Å²) in [5.74, 6) is -2.01. The Kier molecular flexibility index (Phi) is 11.2. The number of hydrogen-bond acceptors (Lipinski definition) is 10. The molecule has 0 saturated carbocycles. The van der Waals surface area contributed by atoms with Gasteiger partial charge in [-0.25, -0.2) is 0 Å². The second-order valence-electron chi connectivity index (χ2n) is 11.6. The van der Waals surface area contributed by atoms with Gasteiger partial charge in [-0.15, -0.1) is 11.3 Å². The van der Waals surface area contributed by atoms with Gasteiger partial charge >= 0.3 is 19.5 Å². The number of anilines is 1. The van der Waals surface area contributed by atoms with Crippen LogP contribution in [0.5, 0.6) is 0 Å². The summed E-state index contributed by atoms with van der Waals surface area (Å²) in [5, 5.41) is 5.22. The summed E-state index contributed by atoms with van der Waals surface area (Å²) >= 11 is 7.57. The van der Waals surface area contributed by atoms with E-state index < -0.39 is 55.5 Å². The summed E-state index contributed by atoms with van der Waals surface area (Å²) < 4.78 is 36.9. The second-order valence-corrected chi connectivity index (χ2v) is 15.1. The van der Waals surface area contributed by atoms with Crippen molar-refractivity contribution in [2.75, 3.05) is 19.3 Å². The molecule has 0 spiro atoms. The number of nitrogen functional groups attached to an aromatic ring is 1. The molecule has 1 heterocycles. The van der Waals surface area contributed by atoms with Crippen molar-refractivity contribution in [3.63, 3.8) is 0 Å². The smallest absolute Gasteiger partial charge is 0.353 e. The molecule has 43 heavy (non-hydrogen) atoms. The number of rotatable bonds is 11. The summed E-state index contributed by atoms with van der Waals surface area (Å²) in [5.41, 5.74) is 4.06. The number of carbonyl (C=O) groups excluding carboxylic acids is 3. The van der Waals surface area contributed by atoms with Gasteiger partial charge in [0.05, 0.1) is 10.8 Å². The molecule has 1 unspecified atom stereocenters. The fourth-order valence-corrected chi connectivity index (χ4v) is 6.50. The number of halogens is 1. The van der Waals surface area contributed by atoms with Crippen LogP contribution in [0.1, 0.15) is 58.3 Å². The van der Waals surface area contributed by atoms with Gasteiger partial charge in [0.2, 0.25) is 19.5 Å². The van der Waals surface area contributed by atoms with Crippen LogP contribution >= 0.6 is 30.5 Å². The van der Waals surface area contributed by atoms with Crippen LogP contribution in [0.15, 0.2) is 54.0 Å². The number of nitrogens with two attached hydrogens (primary N) is 1. The summed E-state index contributed by atoms with van der Waals surface area (Å²) in [4.78, 5) is 38.6. The van der Waals surface area contributed by atoms with Gasteiger partial charge in [-0.05, 0) is 99.8 Å². The Morgan fingerprint density at radius 3 is 2.14 bits per heavy atom. The molecule has 3 rings (SSSR count). The predicted molar refractivity (Wildman–Crippen MR) is 168 cm³/mol. The number of benzene rings is 2. The van der Waals surface area contributed by atoms with E-state index in [2.05, 4.69) is 5.32 Å². The highest BCUT2D eigenvalue weighted by Crippen LogP contribution is 2.62. The van der Waals surface area contributed by atoms with Crippen LogP contribution in [-0.2, 0) is 37.5 Å². The Bertz CT molecular complexity index is 1520. The fourth-order valence-electron chi connectivity index (χ4n) is 3.58. The van der Waals surface area contributed by atoms with E-state index in [4.69, 9.17) is 35.9 Å². The first-order valence-electron chi connectivity index (χ1n) is 13.2. The Morgan fingerprint density at radius 2 is 1.58 bits per heavy atom. The molecule has 0 radical (unpaired) electrons. The van der Waals surface area contributed by atoms with Gasteiger partial charge in [-0.3, -0.25) is 28.0 Å². The molecule has 3 aromatic rings. The zero-order valence-electron chi connectivity index (χ0n) is 24.8. The van der Waals surface area contributed by atoms with E-state index in [-0.39, 0.29) is 0 Å². The van der Waals surface area contributed by atoms with Crippen LogP contribution in [0, 0.1) is 10.8 Å². The van der Waals surface area contributed by atoms with Crippen LogP contribution in [-0.4, -0.2) is 31.4 Å². The van der Waals surface area contributed by atoms with Crippen LogP contribution in [0.2, 0.25) is 5.02 Å². The molecule has 0 saturated heterocycles. The second kappa shape index (κ2) is 14.1. The fraction of sp³-hybridized carbons (Fsp3) is 0.367. The third kappa shape index (κ3) is 9.39. The highest BCUT2D eigenvalue weighted by Gasteiger charge is 2.45. The van der Waals surface area contributed by atoms with Crippen LogP contribution in [0.3, 0.4) is 0 Å². The van der Waals surface area contributed by atoms with E-state index in [1.54, 1.807) is 95.5 Å². The first kappa shape index (κ1) is 34.3. The van der Waals surface area contributed by atoms with Crippen LogP contribution in [0.4, 0.5) is 5.69 Å². The molecule has 232 valence electrons. The standard InChI is InChI=1S/C30H36ClN2O8PS/c1-29(2,3)27(35)38-17-40-42(37,41-18-39-28(36)30(4,5)6)25(23-16-43-24-11-10-20(31)15-22(23)24)26(34)33-13-12-19-8-7-9-21(32)14-19/h7-16,25H,17-18,32H2,1-6H3,(H,33,34). The Labute approximate surface area is 260 Å². The Morgan fingerprint density at radius 1 is 0.977 bits per heavy atom. The quantitative estimate of drug-likeness (QED) is 0.0946. The van der Waals surface area contributed by atoms with E-state index in [0.29, 0.717) is 27.2 Å². The average molecular weight is 651 g/mol. The van der Waals surface area contributed by atoms with Gasteiger partial charge in [-0.2, -0.15) is 0 Å². The minimum Gasteiger partial charge on any atom is -0.438 e. The number of carbonyl (C=O) groups is 3. The number of ether oxygens (including phenoxy) is 2. The number of thiophene rings is 1. The van der Waals surface area contributed by atoms with Crippen molar-refractivity contribution in [1.82, 2.24) is 5.32 Å². The van der Waals surface area contributed by atoms with Gasteiger partial charge in [0, 0.05) is 21.6 Å². The molecule has 0 aliphatic heterocycles. The SMILES string of the molecule is CC(C)(C)C(=O)OCOP(=O)(OCOC(=O)C(C)(C)C)C(C(=O)NC=Cc1cccc(N)c1)c1csc2ccc(Cl)cc12. The minimum atomic E-state index is -4.59. The lowest BCUT2D eigenvalue weighted by Gasteiger charge is -2.27. The minimum absolute atomic E-state index is 0.296. The topological polar surface area (TPSA) is 143 Å². The maximum absolute atomic E-state index is 14.6. The molecule has 1 atom stereocenters. The third-order valence-electron chi connectivity index (χ3n) is 5.91. The highest BCUT2D eigenvalue weighted by molar-refractivity contribution is 7.55. The molecular weight excluding hydrogens is 615 g/mol. The zero-order chi connectivity index (χ0) is 32.0. The van der Waals surface area contributed by atoms with Gasteiger partial charge in [-0.1, -0.05) is 23.7 Å². The number of esters is 2. The van der Waals surface area contributed by atoms with E-state index in [0.717, 1.165) is 4.70 Å². The summed E-state index contributed by atoms with van der Waals surface area (Å²) in [6, 6.07) is 12.1. The van der Waals surface area contributed by atoms with E-state index >= 15 is 0 Å². The van der Waals surface area contributed by atoms with Crippen LogP contribution < -0.4 is 11.1 Å². The first-order valence-corrected chi connectivity index (χ1v) is 16.1. The zero-order valence-corrected chi connectivity index (χ0v) is 27.3. The molecule has 1 aromatic heterocycles. The van der Waals surface area contributed by atoms with Crippen molar-refractivity contribution in [2.24, 2.45) is 10.8 Å². The van der Waals surface area contributed by atoms with Gasteiger partial charge in [0.25, 0.3) is 0 Å². The molecular formula is C30H36ClN2O8PS. The molecule has 13 heteroatoms. The predicted octanol–water partition coefficient (Wildman–Crippen LogP) is 7.29. The summed E-state index contributed by atoms with van der Waals surface area (Å²) in [7, 11) is -4.59. The van der Waals surface area contributed by atoms with E-state index in [1.165, 1.54) is 17.5 Å². The summed E-state index contributed by atoms with van der Waals surface area (Å²) in [6.45, 7) is 8.27. The van der Waals surface area contributed by atoms with E-state index in [9.17, 15) is 18.9 Å². The van der Waals surface area contributed by atoms with Crippen molar-refractivity contribution in [3.8, 4) is 0 Å². The lowest BCUT2D eigenvalue weighted by molar-refractivity contribution is -0.162. The number of fused-ring (bicyclic) bond motifs is 1. The molecule has 0 aliphatic carbocycles. The molecule has 0 bridgehead atoms. The number of nitrogens with one attached hydrogen (secondary N) is 1. The lowest BCUT2D eigenvalue weighted by atomic mass is 9.98. The molecule has 3 N–H and O–H groups in total. The van der Waals surface area contributed by atoms with Gasteiger partial charge in [0.15, 0.2) is 5.66 Å². The van der Waals surface area contributed by atoms with Crippen molar-refractivity contribution in [3.05, 3.63) is 70.2 Å². The summed E-state index contributed by atoms with van der Waals surface area (Å²) in [6.07, 6.45) is 2.98.